The second-order valence-corrected chi connectivity index (χ2v) is 13.1. The minimum absolute atomic E-state index is 0.549. The van der Waals surface area contributed by atoms with Crippen LogP contribution in [-0.2, 0) is 42.6 Å². The van der Waals surface area contributed by atoms with E-state index in [1.807, 2.05) is 0 Å². The number of aliphatic hydroxyl groups excluding tert-OH is 15. The van der Waals surface area contributed by atoms with E-state index in [0.717, 1.165) is 0 Å². The van der Waals surface area contributed by atoms with Gasteiger partial charge in [-0.05, 0) is 0 Å². The first kappa shape index (κ1) is 42.2. The summed E-state index contributed by atoms with van der Waals surface area (Å²) in [4.78, 5) is 0. The Morgan fingerprint density at radius 3 is 1.40 bits per heavy atom. The monoisotopic (exact) mass is 768 g/mol. The molecule has 5 fully saturated rings. The summed E-state index contributed by atoms with van der Waals surface area (Å²) in [5, 5.41) is 155. The molecule has 5 rings (SSSR count). The lowest BCUT2D eigenvalue weighted by atomic mass is 9.96. The normalized spacial score (nSPS) is 53.5. The van der Waals surface area contributed by atoms with Crippen molar-refractivity contribution in [3.63, 3.8) is 0 Å². The van der Waals surface area contributed by atoms with Gasteiger partial charge in [0.2, 0.25) is 0 Å². The Labute approximate surface area is 293 Å². The van der Waals surface area contributed by atoms with Gasteiger partial charge in [-0.25, -0.2) is 0 Å². The highest BCUT2D eigenvalue weighted by molar-refractivity contribution is 4.97. The van der Waals surface area contributed by atoms with Crippen molar-refractivity contribution in [2.24, 2.45) is 0 Å². The molecule has 0 radical (unpaired) electrons. The van der Waals surface area contributed by atoms with Gasteiger partial charge in [-0.2, -0.15) is 0 Å². The van der Waals surface area contributed by atoms with Crippen molar-refractivity contribution >= 4 is 0 Å². The largest absolute Gasteiger partial charge is 0.394 e. The van der Waals surface area contributed by atoms with Crippen LogP contribution in [0.5, 0.6) is 0 Å². The summed E-state index contributed by atoms with van der Waals surface area (Å²) in [5.41, 5.74) is 0. The van der Waals surface area contributed by atoms with Crippen LogP contribution in [0.2, 0.25) is 0 Å². The molecule has 0 aromatic carbocycles. The second-order valence-electron chi connectivity index (χ2n) is 13.1. The van der Waals surface area contributed by atoms with E-state index in [1.54, 1.807) is 0 Å². The minimum atomic E-state index is -2.02. The predicted octanol–water partition coefficient (Wildman–Crippen LogP) is -10.6. The summed E-state index contributed by atoms with van der Waals surface area (Å²) < 4.78 is 49.8. The molecule has 15 N–H and O–H groups in total. The van der Waals surface area contributed by atoms with Gasteiger partial charge in [0.25, 0.3) is 0 Å². The van der Waals surface area contributed by atoms with Gasteiger partial charge in [0.1, 0.15) is 110 Å². The molecular formula is C28H48O24. The van der Waals surface area contributed by atoms with E-state index in [4.69, 9.17) is 42.6 Å². The minimum Gasteiger partial charge on any atom is -0.394 e. The van der Waals surface area contributed by atoms with Gasteiger partial charge in [0, 0.05) is 0 Å². The molecule has 23 atom stereocenters. The van der Waals surface area contributed by atoms with Gasteiger partial charge in [0.15, 0.2) is 31.5 Å². The Kier molecular flexibility index (Phi) is 14.5. The summed E-state index contributed by atoms with van der Waals surface area (Å²) >= 11 is 0. The van der Waals surface area contributed by atoms with Gasteiger partial charge in [-0.15, -0.1) is 0 Å². The Hall–Kier alpha value is -0.960. The second kappa shape index (κ2) is 17.9. The molecule has 5 aliphatic rings. The quantitative estimate of drug-likeness (QED) is 0.0927. The molecule has 5 saturated heterocycles. The van der Waals surface area contributed by atoms with Crippen molar-refractivity contribution < 1.29 is 119 Å². The first-order valence-corrected chi connectivity index (χ1v) is 16.4. The van der Waals surface area contributed by atoms with Crippen molar-refractivity contribution in [2.45, 2.75) is 141 Å². The third-order valence-corrected chi connectivity index (χ3v) is 9.56. The lowest BCUT2D eigenvalue weighted by molar-refractivity contribution is -0.397. The molecule has 0 aliphatic carbocycles. The zero-order valence-corrected chi connectivity index (χ0v) is 27.2. The Morgan fingerprint density at radius 1 is 0.385 bits per heavy atom. The van der Waals surface area contributed by atoms with Crippen LogP contribution in [0.15, 0.2) is 0 Å². The molecule has 52 heavy (non-hydrogen) atoms. The van der Waals surface area contributed by atoms with Crippen LogP contribution in [0, 0.1) is 0 Å². The lowest BCUT2D eigenvalue weighted by Gasteiger charge is -2.49. The standard InChI is InChI=1S/C28H48O24/c29-1-7-12(34)15(37)18(40)26(46-7)50-21-9(3-31)48-28(23(20(21)42)52-25-17(39)11(33)6(32)4-45-25)49-10-5-44-24(43)22(14(10)36)51-27-19(41)16(38)13(35)8(2-30)47-27/h6-43H,1-5H2/t6-,7-,8-,9-,10+,11+,12-,13-,14+,15+,16+,17-,18-,19-,20+,21-,22-,23-,24+,25+,26+,27+,28+/m1/s1. The number of rotatable bonds is 11. The zero-order valence-electron chi connectivity index (χ0n) is 27.2. The topological polar surface area (TPSA) is 387 Å². The maximum absolute atomic E-state index is 11.6. The molecule has 5 aliphatic heterocycles. The summed E-state index contributed by atoms with van der Waals surface area (Å²) in [5.74, 6) is 0. The van der Waals surface area contributed by atoms with E-state index in [0.29, 0.717) is 0 Å². The Balaban J connectivity index is 1.36. The average Bonchev–Trinajstić information content (AvgIpc) is 3.13. The molecule has 0 unspecified atom stereocenters. The first-order valence-electron chi connectivity index (χ1n) is 16.4. The van der Waals surface area contributed by atoms with Gasteiger partial charge in [-0.3, -0.25) is 0 Å². The molecule has 304 valence electrons. The van der Waals surface area contributed by atoms with E-state index >= 15 is 0 Å². The van der Waals surface area contributed by atoms with E-state index < -0.39 is 174 Å². The fourth-order valence-corrected chi connectivity index (χ4v) is 6.39. The van der Waals surface area contributed by atoms with Crippen LogP contribution in [-0.4, -0.2) is 251 Å². The maximum atomic E-state index is 11.6. The van der Waals surface area contributed by atoms with Crippen LogP contribution in [0.4, 0.5) is 0 Å². The zero-order chi connectivity index (χ0) is 38.2. The van der Waals surface area contributed by atoms with Gasteiger partial charge in [0.05, 0.1) is 33.0 Å². The fraction of sp³-hybridized carbons (Fsp3) is 1.00. The molecule has 0 spiro atoms. The molecule has 0 aromatic rings. The van der Waals surface area contributed by atoms with E-state index in [2.05, 4.69) is 0 Å². The van der Waals surface area contributed by atoms with Gasteiger partial charge in [-0.1, -0.05) is 0 Å². The first-order chi connectivity index (χ1) is 24.6. The molecule has 0 bridgehead atoms. The molecule has 24 nitrogen and oxygen atoms in total. The number of aliphatic hydroxyl groups is 15. The van der Waals surface area contributed by atoms with Crippen molar-refractivity contribution in [1.29, 1.82) is 0 Å². The third kappa shape index (κ3) is 8.55. The molecule has 5 heterocycles. The van der Waals surface area contributed by atoms with Crippen molar-refractivity contribution in [2.75, 3.05) is 33.0 Å². The summed E-state index contributed by atoms with van der Waals surface area (Å²) in [6.07, 6.45) is -41.0. The number of hydrogen-bond acceptors (Lipinski definition) is 24. The number of ether oxygens (including phenoxy) is 9. The summed E-state index contributed by atoms with van der Waals surface area (Å²) in [7, 11) is 0. The van der Waals surface area contributed by atoms with Crippen molar-refractivity contribution in [3.8, 4) is 0 Å². The molecule has 0 saturated carbocycles. The summed E-state index contributed by atoms with van der Waals surface area (Å²) in [6, 6.07) is 0. The molecule has 0 aromatic heterocycles. The van der Waals surface area contributed by atoms with Crippen LogP contribution in [0.25, 0.3) is 0 Å². The third-order valence-electron chi connectivity index (χ3n) is 9.56. The van der Waals surface area contributed by atoms with Gasteiger partial charge < -0.3 is 119 Å². The highest BCUT2D eigenvalue weighted by Gasteiger charge is 2.55. The average molecular weight is 769 g/mol. The molecule has 0 amide bonds. The van der Waals surface area contributed by atoms with E-state index in [-0.39, 0.29) is 0 Å². The smallest absolute Gasteiger partial charge is 0.187 e. The van der Waals surface area contributed by atoms with Crippen LogP contribution >= 0.6 is 0 Å². The van der Waals surface area contributed by atoms with Crippen LogP contribution in [0.3, 0.4) is 0 Å². The Bertz CT molecular complexity index is 1110. The predicted molar refractivity (Wildman–Crippen MR) is 155 cm³/mol. The highest BCUT2D eigenvalue weighted by Crippen LogP contribution is 2.35. The van der Waals surface area contributed by atoms with Crippen molar-refractivity contribution in [3.05, 3.63) is 0 Å². The molecular weight excluding hydrogens is 720 g/mol. The van der Waals surface area contributed by atoms with Crippen LogP contribution < -0.4 is 0 Å². The van der Waals surface area contributed by atoms with E-state index in [9.17, 15) is 76.6 Å². The summed E-state index contributed by atoms with van der Waals surface area (Å²) in [6.45, 7) is -3.74. The van der Waals surface area contributed by atoms with Crippen molar-refractivity contribution in [1.82, 2.24) is 0 Å². The highest BCUT2D eigenvalue weighted by atomic mass is 16.8. The molecule has 24 heteroatoms. The SMILES string of the molecule is OC[C@H]1O[C@@H](O[C@@H]2[C@@H](O)[C@@H](O[C@@H]3O[C@H](CO)[C@@H](O[C@@H]4O[C@H](CO)[C@@H](O)[C@H](O)[C@H]4O)[C@H](O)[C@H]3O[C@@H]3OC[C@@H](O)[C@H](O)[C@H]3O)CO[C@@H]2O)[C@H](O)[C@@H](O)[C@@H]1O. The lowest BCUT2D eigenvalue weighted by Crippen LogP contribution is -2.67. The maximum Gasteiger partial charge on any atom is 0.187 e. The van der Waals surface area contributed by atoms with E-state index in [1.165, 1.54) is 0 Å². The fourth-order valence-electron chi connectivity index (χ4n) is 6.39. The van der Waals surface area contributed by atoms with Gasteiger partial charge >= 0.3 is 0 Å². The Morgan fingerprint density at radius 2 is 0.865 bits per heavy atom. The van der Waals surface area contributed by atoms with Crippen LogP contribution in [0.1, 0.15) is 0 Å². The number of hydrogen-bond donors (Lipinski definition) is 15.